The first-order chi connectivity index (χ1) is 24.6. The van der Waals surface area contributed by atoms with Crippen molar-refractivity contribution in [3.05, 3.63) is 112 Å². The van der Waals surface area contributed by atoms with Gasteiger partial charge >= 0.3 is 17.8 Å². The van der Waals surface area contributed by atoms with Crippen molar-refractivity contribution in [2.75, 3.05) is 35.6 Å². The number of hydrogen-bond acceptors (Lipinski definition) is 13. The first-order valence-electron chi connectivity index (χ1n) is 15.4. The van der Waals surface area contributed by atoms with E-state index < -0.39 is 23.8 Å². The fraction of sp³-hybridized carbons (Fsp3) is 0.182. The van der Waals surface area contributed by atoms with Crippen LogP contribution in [0.15, 0.2) is 73.3 Å². The van der Waals surface area contributed by atoms with Crippen LogP contribution in [0, 0.1) is 0 Å². The summed E-state index contributed by atoms with van der Waals surface area (Å²) in [4.78, 5) is 56.4. The molecule has 0 aliphatic rings. The number of rotatable bonds is 13. The molecule has 0 aliphatic carbocycles. The molecule has 3 aromatic heterocycles. The van der Waals surface area contributed by atoms with Crippen LogP contribution < -0.4 is 32.5 Å². The van der Waals surface area contributed by atoms with Crippen LogP contribution in [0.2, 0.25) is 5.02 Å². The molecule has 51 heavy (non-hydrogen) atoms. The number of ether oxygens (including phenoxy) is 2. The van der Waals surface area contributed by atoms with Gasteiger partial charge in [0.25, 0.3) is 11.8 Å². The Labute approximate surface area is 295 Å². The van der Waals surface area contributed by atoms with Gasteiger partial charge in [-0.1, -0.05) is 22.8 Å². The number of hydrogen-bond donors (Lipinski definition) is 5. The Morgan fingerprint density at radius 2 is 1.65 bits per heavy atom. The lowest BCUT2D eigenvalue weighted by molar-refractivity contribution is -0.686. The van der Waals surface area contributed by atoms with Gasteiger partial charge in [-0.15, -0.1) is 10.2 Å². The van der Waals surface area contributed by atoms with Crippen molar-refractivity contribution in [3.63, 3.8) is 0 Å². The van der Waals surface area contributed by atoms with E-state index in [-0.39, 0.29) is 46.3 Å². The zero-order valence-electron chi connectivity index (χ0n) is 27.4. The number of carbonyl (C=O) groups excluding carboxylic acids is 4. The van der Waals surface area contributed by atoms with Crippen LogP contribution in [-0.4, -0.2) is 62.3 Å². The minimum Gasteiger partial charge on any atom is -0.465 e. The number of methoxy groups -OCH3 is 1. The van der Waals surface area contributed by atoms with E-state index in [0.717, 1.165) is 10.4 Å². The van der Waals surface area contributed by atoms with Crippen LogP contribution in [0.5, 0.6) is 0 Å². The summed E-state index contributed by atoms with van der Waals surface area (Å²) in [6.45, 7) is 1.82. The predicted molar refractivity (Wildman–Crippen MR) is 185 cm³/mol. The van der Waals surface area contributed by atoms with Crippen molar-refractivity contribution >= 4 is 52.5 Å². The van der Waals surface area contributed by atoms with Crippen LogP contribution in [0.4, 0.5) is 17.2 Å². The molecule has 0 saturated heterocycles. The van der Waals surface area contributed by atoms with Gasteiger partial charge in [-0.2, -0.15) is 11.3 Å². The third-order valence-corrected chi connectivity index (χ3v) is 7.82. The molecule has 0 radical (unpaired) electrons. The number of aromatic nitrogens is 6. The molecule has 262 valence electrons. The second kappa shape index (κ2) is 16.3. The fourth-order valence-electron chi connectivity index (χ4n) is 4.94. The minimum atomic E-state index is -0.694. The van der Waals surface area contributed by atoms with Gasteiger partial charge in [0, 0.05) is 23.5 Å². The molecule has 5 rings (SSSR count). The molecule has 0 fully saturated rings. The molecule has 2 aromatic carbocycles. The van der Waals surface area contributed by atoms with Crippen LogP contribution >= 0.6 is 11.6 Å². The lowest BCUT2D eigenvalue weighted by Crippen LogP contribution is -2.52. The molecule has 0 spiro atoms. The quantitative estimate of drug-likeness (QED) is 0.0511. The van der Waals surface area contributed by atoms with Gasteiger partial charge in [0.2, 0.25) is 0 Å². The van der Waals surface area contributed by atoms with Gasteiger partial charge in [0.15, 0.2) is 17.2 Å². The topological polar surface area (TPSA) is 235 Å². The highest BCUT2D eigenvalue weighted by Crippen LogP contribution is 2.29. The van der Waals surface area contributed by atoms with Crippen molar-refractivity contribution in [2.45, 2.75) is 26.2 Å². The Hall–Kier alpha value is -6.46. The summed E-state index contributed by atoms with van der Waals surface area (Å²) < 4.78 is 11.7. The Bertz CT molecular complexity index is 2070. The number of hydrazine groups is 1. The summed E-state index contributed by atoms with van der Waals surface area (Å²) in [5.41, 5.74) is 4.38. The molecule has 17 nitrogen and oxygen atoms in total. The number of esters is 2. The van der Waals surface area contributed by atoms with Gasteiger partial charge in [0.1, 0.15) is 6.33 Å². The van der Waals surface area contributed by atoms with E-state index in [1.807, 2.05) is 0 Å². The molecule has 3 heterocycles. The number of nitrogens with two attached hydrogens (primary N) is 2. The van der Waals surface area contributed by atoms with E-state index in [0.29, 0.717) is 35.7 Å². The molecule has 0 unspecified atom stereocenters. The van der Waals surface area contributed by atoms with Crippen molar-refractivity contribution < 1.29 is 33.4 Å². The number of benzene rings is 2. The molecule has 18 heteroatoms. The molecule has 0 bridgehead atoms. The van der Waals surface area contributed by atoms with Gasteiger partial charge in [-0.25, -0.2) is 20.4 Å². The molecule has 0 saturated carbocycles. The Morgan fingerprint density at radius 3 is 2.29 bits per heavy atom. The number of nitrogens with one attached hydrogen (secondary N) is 3. The number of aryl methyl sites for hydroxylation is 2. The van der Waals surface area contributed by atoms with E-state index in [4.69, 9.17) is 32.8 Å². The number of halogens is 1. The normalized spacial score (nSPS) is 10.7. The number of imidazole rings is 1. The summed E-state index contributed by atoms with van der Waals surface area (Å²) in [6, 6.07) is 14.0. The SMILES string of the molecule is CCOC(=O)c1ccc(CCCc2cc(NC(=O)c3ccc(-n4ccnc4)nn3)c(C(=O)OC)cc2Cl)cc1NC(=O)c1ccc(NN)[n+](N)n1. The molecule has 5 aromatic rings. The first-order valence-corrected chi connectivity index (χ1v) is 15.8. The minimum absolute atomic E-state index is 0.0166. The van der Waals surface area contributed by atoms with Crippen molar-refractivity contribution in [2.24, 2.45) is 5.84 Å². The van der Waals surface area contributed by atoms with E-state index >= 15 is 0 Å². The van der Waals surface area contributed by atoms with Crippen molar-refractivity contribution in [3.8, 4) is 5.82 Å². The van der Waals surface area contributed by atoms with Crippen molar-refractivity contribution in [1.82, 2.24) is 24.8 Å². The average Bonchev–Trinajstić information content (AvgIpc) is 3.68. The highest BCUT2D eigenvalue weighted by atomic mass is 35.5. The van der Waals surface area contributed by atoms with Crippen molar-refractivity contribution in [1.29, 1.82) is 0 Å². The zero-order valence-corrected chi connectivity index (χ0v) is 28.2. The zero-order chi connectivity index (χ0) is 36.5. The summed E-state index contributed by atoms with van der Waals surface area (Å²) in [7, 11) is 1.22. The predicted octanol–water partition coefficient (Wildman–Crippen LogP) is 2.64. The standard InChI is InChI=1S/C33H32ClN11O6/c1-3-51-33(49)21-8-7-19(15-26(21)38-31(47)25-10-11-28(40-35)45(36)43-25)5-4-6-20-16-27(22(17-23(20)34)32(48)50-2)39-30(46)24-9-12-29(42-41-24)44-14-13-37-18-44/h7-18H,3-6,36H2,1-2H3,(H4,35,38,39,43,46,47,48,49)/p+1. The highest BCUT2D eigenvalue weighted by molar-refractivity contribution is 6.32. The van der Waals surface area contributed by atoms with Crippen LogP contribution in [0.1, 0.15) is 66.2 Å². The van der Waals surface area contributed by atoms with E-state index in [1.54, 1.807) is 60.5 Å². The lowest BCUT2D eigenvalue weighted by atomic mass is 10.00. The summed E-state index contributed by atoms with van der Waals surface area (Å²) in [6.07, 6.45) is 6.32. The van der Waals surface area contributed by atoms with Crippen LogP contribution in [0.3, 0.4) is 0 Å². The average molecular weight is 715 g/mol. The van der Waals surface area contributed by atoms with Crippen LogP contribution in [0.25, 0.3) is 5.82 Å². The number of anilines is 3. The fourth-order valence-corrected chi connectivity index (χ4v) is 5.19. The third kappa shape index (κ3) is 8.59. The maximum Gasteiger partial charge on any atom is 0.340 e. The summed E-state index contributed by atoms with van der Waals surface area (Å²) in [5, 5.41) is 17.8. The van der Waals surface area contributed by atoms with E-state index in [2.05, 4.69) is 36.3 Å². The largest absolute Gasteiger partial charge is 0.465 e. The van der Waals surface area contributed by atoms with Gasteiger partial charge in [-0.05, 0) is 84.6 Å². The Kier molecular flexibility index (Phi) is 11.4. The second-order valence-corrected chi connectivity index (χ2v) is 11.2. The van der Waals surface area contributed by atoms with Gasteiger partial charge in [0.05, 0.1) is 36.2 Å². The monoisotopic (exact) mass is 714 g/mol. The van der Waals surface area contributed by atoms with E-state index in [9.17, 15) is 19.2 Å². The van der Waals surface area contributed by atoms with Crippen LogP contribution in [-0.2, 0) is 22.3 Å². The maximum atomic E-state index is 13.1. The molecular weight excluding hydrogens is 682 g/mol. The third-order valence-electron chi connectivity index (χ3n) is 7.47. The number of nitrogen functional groups attached to an aromatic ring is 2. The molecule has 2 amide bonds. The van der Waals surface area contributed by atoms with E-state index in [1.165, 1.54) is 31.4 Å². The molecule has 0 atom stereocenters. The maximum absolute atomic E-state index is 13.1. The second-order valence-electron chi connectivity index (χ2n) is 10.8. The number of nitrogens with zero attached hydrogens (tertiary/aromatic N) is 6. The molecule has 0 aliphatic heterocycles. The first kappa shape index (κ1) is 35.8. The Morgan fingerprint density at radius 1 is 0.902 bits per heavy atom. The summed E-state index contributed by atoms with van der Waals surface area (Å²) in [5.74, 6) is 9.36. The summed E-state index contributed by atoms with van der Waals surface area (Å²) >= 11 is 6.58. The number of amides is 2. The molecular formula is C33H33ClN11O6+. The highest BCUT2D eigenvalue weighted by Gasteiger charge is 2.21. The van der Waals surface area contributed by atoms with Gasteiger partial charge < -0.3 is 20.1 Å². The van der Waals surface area contributed by atoms with Gasteiger partial charge in [-0.3, -0.25) is 14.2 Å². The lowest BCUT2D eigenvalue weighted by Gasteiger charge is -2.14. The Balaban J connectivity index is 1.32. The smallest absolute Gasteiger partial charge is 0.340 e. The molecule has 7 N–H and O–H groups in total. The number of carbonyl (C=O) groups is 4.